The number of halogens is 2. The lowest BCUT2D eigenvalue weighted by molar-refractivity contribution is 0.0730. The summed E-state index contributed by atoms with van der Waals surface area (Å²) in [6.45, 7) is 3.01. The van der Waals surface area contributed by atoms with Gasteiger partial charge in [-0.15, -0.1) is 0 Å². The highest BCUT2D eigenvalue weighted by Crippen LogP contribution is 2.21. The Kier molecular flexibility index (Phi) is 8.24. The third kappa shape index (κ3) is 6.63. The number of benzene rings is 2. The van der Waals surface area contributed by atoms with Gasteiger partial charge < -0.3 is 20.8 Å². The fraction of sp³-hybridized carbons (Fsp3) is 0.350. The monoisotopic (exact) mass is 513 g/mol. The lowest BCUT2D eigenvalue weighted by Gasteiger charge is -2.33. The van der Waals surface area contributed by atoms with E-state index in [0.717, 1.165) is 0 Å². The van der Waals surface area contributed by atoms with Gasteiger partial charge in [-0.2, -0.15) is 0 Å². The molecule has 3 rings (SSSR count). The van der Waals surface area contributed by atoms with E-state index in [9.17, 15) is 13.4 Å². The number of carbonyl (C=O) groups is 1. The summed E-state index contributed by atoms with van der Waals surface area (Å²) in [4.78, 5) is 16.7. The minimum atomic E-state index is -1.18. The molecule has 1 saturated heterocycles. The molecular formula is C20H25BrFN5O3S. The number of nitrogens with two attached hydrogens (primary N) is 2. The smallest absolute Gasteiger partial charge is 0.410 e. The molecule has 0 bridgehead atoms. The highest BCUT2D eigenvalue weighted by molar-refractivity contribution is 9.10. The number of rotatable bonds is 7. The van der Waals surface area contributed by atoms with Crippen LogP contribution >= 0.6 is 15.9 Å². The van der Waals surface area contributed by atoms with Crippen LogP contribution in [-0.2, 0) is 22.1 Å². The van der Waals surface area contributed by atoms with E-state index in [4.69, 9.17) is 16.3 Å². The average Bonchev–Trinajstić information content (AvgIpc) is 2.76. The van der Waals surface area contributed by atoms with Crippen molar-refractivity contribution in [3.8, 4) is 0 Å². The van der Waals surface area contributed by atoms with Gasteiger partial charge in [0.15, 0.2) is 0 Å². The van der Waals surface area contributed by atoms with Crippen LogP contribution in [0.3, 0.4) is 0 Å². The molecule has 8 nitrogen and oxygen atoms in total. The second kappa shape index (κ2) is 10.9. The molecule has 2 aromatic carbocycles. The summed E-state index contributed by atoms with van der Waals surface area (Å²) in [5, 5.41) is 0. The number of ether oxygens (including phenoxy) is 1. The van der Waals surface area contributed by atoms with Crippen molar-refractivity contribution in [2.45, 2.75) is 11.5 Å². The standard InChI is InChI=1S/C20H25BrFN5O3S/c21-15-9-14(10-16(22)11-15)13-30-20(28)27-5-3-26(4-6-27)7-8-31(29)17-1-2-18(23)19(12-17)25-24/h1-2,9-12,25H,3-8,13,23-24H2. The molecule has 1 atom stereocenters. The minimum Gasteiger partial charge on any atom is -0.445 e. The van der Waals surface area contributed by atoms with Crippen molar-refractivity contribution in [2.75, 3.05) is 49.6 Å². The summed E-state index contributed by atoms with van der Waals surface area (Å²) < 4.78 is 31.9. The molecule has 2 aromatic rings. The number of hydrogen-bond donors (Lipinski definition) is 3. The third-order valence-electron chi connectivity index (χ3n) is 4.95. The average molecular weight is 514 g/mol. The van der Waals surface area contributed by atoms with Crippen molar-refractivity contribution in [1.29, 1.82) is 0 Å². The van der Waals surface area contributed by atoms with E-state index in [1.54, 1.807) is 29.2 Å². The van der Waals surface area contributed by atoms with Crippen LogP contribution < -0.4 is 17.0 Å². The van der Waals surface area contributed by atoms with Gasteiger partial charge in [-0.25, -0.2) is 9.18 Å². The van der Waals surface area contributed by atoms with E-state index < -0.39 is 16.9 Å². The molecule has 1 heterocycles. The van der Waals surface area contributed by atoms with Crippen LogP contribution in [-0.4, -0.2) is 58.6 Å². The minimum absolute atomic E-state index is 0.00955. The normalized spacial score (nSPS) is 15.5. The zero-order chi connectivity index (χ0) is 22.4. The first-order chi connectivity index (χ1) is 14.9. The Hall–Kier alpha value is -2.21. The van der Waals surface area contributed by atoms with Crippen molar-refractivity contribution in [3.63, 3.8) is 0 Å². The van der Waals surface area contributed by atoms with Crippen LogP contribution in [0.15, 0.2) is 45.8 Å². The lowest BCUT2D eigenvalue weighted by Crippen LogP contribution is -2.49. The SMILES string of the molecule is NNc1cc(S(=O)CCN2CCN(C(=O)OCc3cc(F)cc(Br)c3)CC2)ccc1N. The highest BCUT2D eigenvalue weighted by atomic mass is 79.9. The number of nitrogen functional groups attached to an aromatic ring is 2. The Morgan fingerprint density at radius 3 is 2.61 bits per heavy atom. The molecule has 1 fully saturated rings. The van der Waals surface area contributed by atoms with Crippen molar-refractivity contribution in [2.24, 2.45) is 5.84 Å². The van der Waals surface area contributed by atoms with Crippen LogP contribution in [0.5, 0.6) is 0 Å². The first-order valence-corrected chi connectivity index (χ1v) is 11.8. The number of nitrogens with one attached hydrogen (secondary N) is 1. The van der Waals surface area contributed by atoms with Crippen molar-refractivity contribution >= 4 is 44.2 Å². The molecule has 0 spiro atoms. The van der Waals surface area contributed by atoms with Gasteiger partial charge in [0.2, 0.25) is 0 Å². The zero-order valence-electron chi connectivity index (χ0n) is 16.9. The van der Waals surface area contributed by atoms with Crippen molar-refractivity contribution in [1.82, 2.24) is 9.80 Å². The van der Waals surface area contributed by atoms with Gasteiger partial charge >= 0.3 is 6.09 Å². The predicted molar refractivity (Wildman–Crippen MR) is 122 cm³/mol. The van der Waals surface area contributed by atoms with Gasteiger partial charge in [-0.1, -0.05) is 15.9 Å². The fourth-order valence-electron chi connectivity index (χ4n) is 3.22. The lowest BCUT2D eigenvalue weighted by atomic mass is 10.2. The van der Waals surface area contributed by atoms with E-state index in [1.165, 1.54) is 12.1 Å². The number of anilines is 2. The zero-order valence-corrected chi connectivity index (χ0v) is 19.3. The quantitative estimate of drug-likeness (QED) is 0.296. The molecule has 1 aliphatic rings. The van der Waals surface area contributed by atoms with Gasteiger partial charge in [0.25, 0.3) is 0 Å². The third-order valence-corrected chi connectivity index (χ3v) is 6.74. The second-order valence-electron chi connectivity index (χ2n) is 7.10. The van der Waals surface area contributed by atoms with Crippen LogP contribution in [0.2, 0.25) is 0 Å². The number of nitrogens with zero attached hydrogens (tertiary/aromatic N) is 2. The summed E-state index contributed by atoms with van der Waals surface area (Å²) in [5.41, 5.74) is 9.90. The van der Waals surface area contributed by atoms with Crippen LogP contribution in [0.4, 0.5) is 20.6 Å². The molecule has 0 aliphatic carbocycles. The van der Waals surface area contributed by atoms with Gasteiger partial charge in [0, 0.05) is 47.8 Å². The highest BCUT2D eigenvalue weighted by Gasteiger charge is 2.22. The van der Waals surface area contributed by atoms with Crippen LogP contribution in [0.1, 0.15) is 5.56 Å². The molecule has 5 N–H and O–H groups in total. The van der Waals surface area contributed by atoms with Crippen molar-refractivity contribution in [3.05, 3.63) is 52.3 Å². The number of carbonyl (C=O) groups excluding carboxylic acids is 1. The van der Waals surface area contributed by atoms with Gasteiger partial charge in [-0.05, 0) is 42.0 Å². The van der Waals surface area contributed by atoms with Gasteiger partial charge in [0.05, 0.1) is 22.2 Å². The van der Waals surface area contributed by atoms with E-state index in [0.29, 0.717) is 64.8 Å². The molecular weight excluding hydrogens is 489 g/mol. The van der Waals surface area contributed by atoms with Crippen molar-refractivity contribution < 1.29 is 18.1 Å². The van der Waals surface area contributed by atoms with E-state index in [-0.39, 0.29) is 12.4 Å². The molecule has 1 aliphatic heterocycles. The number of hydrazine groups is 1. The molecule has 0 saturated carbocycles. The first kappa shape index (κ1) is 23.5. The van der Waals surface area contributed by atoms with Gasteiger partial charge in [0.1, 0.15) is 12.4 Å². The Morgan fingerprint density at radius 2 is 1.94 bits per heavy atom. The summed E-state index contributed by atoms with van der Waals surface area (Å²) in [6, 6.07) is 9.49. The van der Waals surface area contributed by atoms with Crippen LogP contribution in [0, 0.1) is 5.82 Å². The molecule has 1 amide bonds. The van der Waals surface area contributed by atoms with E-state index in [1.807, 2.05) is 0 Å². The maximum absolute atomic E-state index is 13.4. The van der Waals surface area contributed by atoms with Crippen LogP contribution in [0.25, 0.3) is 0 Å². The number of hydrogen-bond acceptors (Lipinski definition) is 7. The Balaban J connectivity index is 1.42. The summed E-state index contributed by atoms with van der Waals surface area (Å²) in [5.74, 6) is 5.49. The largest absolute Gasteiger partial charge is 0.445 e. The fourth-order valence-corrected chi connectivity index (χ4v) is 4.86. The number of piperazine rings is 1. The molecule has 1 unspecified atom stereocenters. The maximum Gasteiger partial charge on any atom is 0.410 e. The van der Waals surface area contributed by atoms with Gasteiger partial charge in [-0.3, -0.25) is 15.0 Å². The molecule has 11 heteroatoms. The Bertz CT molecular complexity index is 936. The summed E-state index contributed by atoms with van der Waals surface area (Å²) >= 11 is 3.22. The molecule has 0 radical (unpaired) electrons. The summed E-state index contributed by atoms with van der Waals surface area (Å²) in [6.07, 6.45) is -0.424. The second-order valence-corrected chi connectivity index (χ2v) is 9.59. The first-order valence-electron chi connectivity index (χ1n) is 9.69. The predicted octanol–water partition coefficient (Wildman–Crippen LogP) is 2.52. The maximum atomic E-state index is 13.4. The number of amides is 1. The Labute approximate surface area is 191 Å². The van der Waals surface area contributed by atoms with E-state index in [2.05, 4.69) is 26.3 Å². The summed E-state index contributed by atoms with van der Waals surface area (Å²) in [7, 11) is -1.18. The van der Waals surface area contributed by atoms with E-state index >= 15 is 0 Å². The topological polar surface area (TPSA) is 114 Å². The molecule has 31 heavy (non-hydrogen) atoms. The Morgan fingerprint density at radius 1 is 1.19 bits per heavy atom. The molecule has 0 aromatic heterocycles. The molecule has 168 valence electrons.